The molecule has 0 atom stereocenters. The minimum absolute atomic E-state index is 0.0446. The van der Waals surface area contributed by atoms with Crippen molar-refractivity contribution in [2.24, 2.45) is 0 Å². The molecule has 2 aliphatic rings. The SMILES string of the molecule is O=C1CN(S(=O)(=O)c2ccc(C(=O)N3CCN(c4ccccc4F)CC3)cc2)CCN1. The largest absolute Gasteiger partial charge is 0.366 e. The lowest BCUT2D eigenvalue weighted by molar-refractivity contribution is -0.122. The monoisotopic (exact) mass is 446 g/mol. The topological polar surface area (TPSA) is 90.0 Å². The van der Waals surface area contributed by atoms with Gasteiger partial charge in [-0.3, -0.25) is 9.59 Å². The molecule has 2 aromatic carbocycles. The Balaban J connectivity index is 1.41. The van der Waals surface area contributed by atoms with Crippen molar-refractivity contribution in [3.8, 4) is 0 Å². The van der Waals surface area contributed by atoms with Crippen molar-refractivity contribution in [1.29, 1.82) is 0 Å². The third-order valence-electron chi connectivity index (χ3n) is 5.50. The summed E-state index contributed by atoms with van der Waals surface area (Å²) in [6.45, 7) is 2.17. The first-order chi connectivity index (χ1) is 14.9. The highest BCUT2D eigenvalue weighted by Crippen LogP contribution is 2.22. The molecule has 2 aliphatic heterocycles. The van der Waals surface area contributed by atoms with Crippen LogP contribution in [0, 0.1) is 5.82 Å². The Labute approximate surface area is 180 Å². The highest BCUT2D eigenvalue weighted by Gasteiger charge is 2.29. The van der Waals surface area contributed by atoms with Crippen LogP contribution in [-0.2, 0) is 14.8 Å². The molecule has 0 spiro atoms. The molecule has 2 fully saturated rings. The number of nitrogens with one attached hydrogen (secondary N) is 1. The van der Waals surface area contributed by atoms with Gasteiger partial charge < -0.3 is 15.1 Å². The number of sulfonamides is 1. The van der Waals surface area contributed by atoms with Crippen molar-refractivity contribution in [1.82, 2.24) is 14.5 Å². The van der Waals surface area contributed by atoms with E-state index in [1.54, 1.807) is 23.1 Å². The van der Waals surface area contributed by atoms with Crippen LogP contribution < -0.4 is 10.2 Å². The second kappa shape index (κ2) is 8.64. The fourth-order valence-electron chi connectivity index (χ4n) is 3.78. The van der Waals surface area contributed by atoms with Crippen molar-refractivity contribution in [3.05, 3.63) is 59.9 Å². The molecule has 0 radical (unpaired) electrons. The summed E-state index contributed by atoms with van der Waals surface area (Å²) in [5, 5.41) is 2.59. The van der Waals surface area contributed by atoms with Crippen LogP contribution in [-0.4, -0.2) is 75.3 Å². The van der Waals surface area contributed by atoms with Crippen molar-refractivity contribution in [3.63, 3.8) is 0 Å². The Hall–Kier alpha value is -2.98. The molecule has 0 unspecified atom stereocenters. The summed E-state index contributed by atoms with van der Waals surface area (Å²) in [7, 11) is -3.80. The highest BCUT2D eigenvalue weighted by molar-refractivity contribution is 7.89. The van der Waals surface area contributed by atoms with Crippen LogP contribution in [0.1, 0.15) is 10.4 Å². The van der Waals surface area contributed by atoms with E-state index in [1.807, 2.05) is 4.90 Å². The van der Waals surface area contributed by atoms with Crippen LogP contribution in [0.2, 0.25) is 0 Å². The number of amides is 2. The first-order valence-electron chi connectivity index (χ1n) is 10.0. The zero-order valence-corrected chi connectivity index (χ0v) is 17.6. The van der Waals surface area contributed by atoms with E-state index in [2.05, 4.69) is 5.32 Å². The predicted molar refractivity (Wildman–Crippen MR) is 113 cm³/mol. The van der Waals surface area contributed by atoms with E-state index in [0.29, 0.717) is 37.4 Å². The predicted octanol–water partition coefficient (Wildman–Crippen LogP) is 0.909. The van der Waals surface area contributed by atoms with E-state index in [9.17, 15) is 22.4 Å². The van der Waals surface area contributed by atoms with Gasteiger partial charge in [0.25, 0.3) is 5.91 Å². The molecule has 164 valence electrons. The normalized spacial score (nSPS) is 18.0. The van der Waals surface area contributed by atoms with E-state index < -0.39 is 10.0 Å². The van der Waals surface area contributed by atoms with Gasteiger partial charge in [-0.15, -0.1) is 0 Å². The number of hydrogen-bond donors (Lipinski definition) is 1. The summed E-state index contributed by atoms with van der Waals surface area (Å²) in [4.78, 5) is 28.0. The van der Waals surface area contributed by atoms with Crippen molar-refractivity contribution < 1.29 is 22.4 Å². The van der Waals surface area contributed by atoms with Gasteiger partial charge in [-0.1, -0.05) is 12.1 Å². The standard InChI is InChI=1S/C21H23FN4O4S/c22-18-3-1-2-4-19(18)24-11-13-25(14-12-24)21(28)16-5-7-17(8-6-16)31(29,30)26-10-9-23-20(27)15-26/h1-8H,9-15H2,(H,23,27). The lowest BCUT2D eigenvalue weighted by atomic mass is 10.1. The van der Waals surface area contributed by atoms with E-state index in [-0.39, 0.29) is 42.2 Å². The molecule has 2 saturated heterocycles. The quantitative estimate of drug-likeness (QED) is 0.754. The number of para-hydroxylation sites is 1. The van der Waals surface area contributed by atoms with Crippen LogP contribution in [0.25, 0.3) is 0 Å². The number of nitrogens with zero attached hydrogens (tertiary/aromatic N) is 3. The Morgan fingerprint density at radius 1 is 0.935 bits per heavy atom. The zero-order valence-electron chi connectivity index (χ0n) is 16.8. The molecule has 0 bridgehead atoms. The molecule has 1 N–H and O–H groups in total. The summed E-state index contributed by atoms with van der Waals surface area (Å²) in [6, 6.07) is 12.3. The fraction of sp³-hybridized carbons (Fsp3) is 0.333. The van der Waals surface area contributed by atoms with Gasteiger partial charge in [0.15, 0.2) is 0 Å². The Morgan fingerprint density at radius 2 is 1.61 bits per heavy atom. The molecule has 2 heterocycles. The third-order valence-corrected chi connectivity index (χ3v) is 7.36. The zero-order chi connectivity index (χ0) is 22.0. The Bertz CT molecular complexity index is 1080. The number of halogens is 1. The molecule has 2 amide bonds. The number of benzene rings is 2. The van der Waals surface area contributed by atoms with E-state index in [1.165, 1.54) is 30.3 Å². The van der Waals surface area contributed by atoms with Gasteiger partial charge >= 0.3 is 0 Å². The number of rotatable bonds is 4. The lowest BCUT2D eigenvalue weighted by Gasteiger charge is -2.36. The smallest absolute Gasteiger partial charge is 0.253 e. The molecule has 0 aliphatic carbocycles. The van der Waals surface area contributed by atoms with Gasteiger partial charge in [-0.25, -0.2) is 12.8 Å². The third kappa shape index (κ3) is 4.40. The number of carbonyl (C=O) groups is 2. The maximum Gasteiger partial charge on any atom is 0.253 e. The van der Waals surface area contributed by atoms with E-state index in [4.69, 9.17) is 0 Å². The van der Waals surface area contributed by atoms with Crippen LogP contribution in [0.5, 0.6) is 0 Å². The average molecular weight is 447 g/mol. The molecule has 0 saturated carbocycles. The fourth-order valence-corrected chi connectivity index (χ4v) is 5.18. The Morgan fingerprint density at radius 3 is 2.26 bits per heavy atom. The first-order valence-corrected chi connectivity index (χ1v) is 11.5. The minimum atomic E-state index is -3.80. The van der Waals surface area contributed by atoms with Gasteiger partial charge in [0, 0.05) is 44.8 Å². The molecular weight excluding hydrogens is 423 g/mol. The summed E-state index contributed by atoms with van der Waals surface area (Å²) in [5.74, 6) is -0.823. The molecule has 4 rings (SSSR count). The average Bonchev–Trinajstić information content (AvgIpc) is 2.79. The molecule has 2 aromatic rings. The van der Waals surface area contributed by atoms with Gasteiger partial charge in [-0.05, 0) is 36.4 Å². The van der Waals surface area contributed by atoms with Gasteiger partial charge in [-0.2, -0.15) is 4.31 Å². The van der Waals surface area contributed by atoms with Crippen LogP contribution >= 0.6 is 0 Å². The Kier molecular flexibility index (Phi) is 5.92. The lowest BCUT2D eigenvalue weighted by Crippen LogP contribution is -2.49. The maximum absolute atomic E-state index is 14.0. The summed E-state index contributed by atoms with van der Waals surface area (Å²) >= 11 is 0. The minimum Gasteiger partial charge on any atom is -0.366 e. The van der Waals surface area contributed by atoms with Crippen LogP contribution in [0.3, 0.4) is 0 Å². The van der Waals surface area contributed by atoms with E-state index >= 15 is 0 Å². The summed E-state index contributed by atoms with van der Waals surface area (Å²) in [5.41, 5.74) is 0.908. The number of anilines is 1. The highest BCUT2D eigenvalue weighted by atomic mass is 32.2. The molecule has 0 aromatic heterocycles. The molecule has 8 nitrogen and oxygen atoms in total. The van der Waals surface area contributed by atoms with Crippen LogP contribution in [0.4, 0.5) is 10.1 Å². The number of carbonyl (C=O) groups excluding carboxylic acids is 2. The van der Waals surface area contributed by atoms with Crippen molar-refractivity contribution in [2.45, 2.75) is 4.90 Å². The molecule has 31 heavy (non-hydrogen) atoms. The molecule has 10 heteroatoms. The summed E-state index contributed by atoms with van der Waals surface area (Å²) in [6.07, 6.45) is 0. The van der Waals surface area contributed by atoms with Gasteiger partial charge in [0.1, 0.15) is 5.82 Å². The maximum atomic E-state index is 14.0. The second-order valence-electron chi connectivity index (χ2n) is 7.44. The first kappa shape index (κ1) is 21.3. The van der Waals surface area contributed by atoms with Crippen LogP contribution in [0.15, 0.2) is 53.4 Å². The number of hydrogen-bond acceptors (Lipinski definition) is 5. The molecular formula is C21H23FN4O4S. The van der Waals surface area contributed by atoms with Crippen molar-refractivity contribution >= 4 is 27.5 Å². The van der Waals surface area contributed by atoms with Gasteiger partial charge in [0.2, 0.25) is 15.9 Å². The van der Waals surface area contributed by atoms with Gasteiger partial charge in [0.05, 0.1) is 17.1 Å². The second-order valence-corrected chi connectivity index (χ2v) is 9.38. The summed E-state index contributed by atoms with van der Waals surface area (Å²) < 4.78 is 40.6. The van der Waals surface area contributed by atoms with Crippen molar-refractivity contribution in [2.75, 3.05) is 50.7 Å². The number of piperazine rings is 2. The van der Waals surface area contributed by atoms with E-state index in [0.717, 1.165) is 4.31 Å².